The van der Waals surface area contributed by atoms with Crippen LogP contribution < -0.4 is 0 Å². The standard InChI is InChI=1S/C17H19N3OS3/c1-10-11(2)24-17-15(10)16(18-12(3)19-17)23-9-14(21)20(4)7-13-5-6-22-8-13/h5-6,8H,7,9H2,1-4H3. The van der Waals surface area contributed by atoms with E-state index < -0.39 is 0 Å². The summed E-state index contributed by atoms with van der Waals surface area (Å²) in [6.07, 6.45) is 0. The van der Waals surface area contributed by atoms with Crippen LogP contribution in [0, 0.1) is 20.8 Å². The van der Waals surface area contributed by atoms with Gasteiger partial charge in [0.1, 0.15) is 15.7 Å². The van der Waals surface area contributed by atoms with Gasteiger partial charge in [0.25, 0.3) is 0 Å². The molecule has 0 spiro atoms. The normalized spacial score (nSPS) is 11.2. The number of fused-ring (bicyclic) bond motifs is 1. The number of aromatic nitrogens is 2. The van der Waals surface area contributed by atoms with E-state index in [1.165, 1.54) is 27.8 Å². The largest absolute Gasteiger partial charge is 0.341 e. The van der Waals surface area contributed by atoms with Crippen molar-refractivity contribution in [2.45, 2.75) is 32.3 Å². The van der Waals surface area contributed by atoms with Gasteiger partial charge >= 0.3 is 0 Å². The molecule has 0 bridgehead atoms. The van der Waals surface area contributed by atoms with Crippen molar-refractivity contribution in [1.29, 1.82) is 0 Å². The van der Waals surface area contributed by atoms with Gasteiger partial charge in [0, 0.05) is 23.9 Å². The molecule has 0 aliphatic rings. The lowest BCUT2D eigenvalue weighted by Crippen LogP contribution is -2.27. The van der Waals surface area contributed by atoms with Crippen LogP contribution in [-0.2, 0) is 11.3 Å². The molecule has 0 N–H and O–H groups in total. The fraction of sp³-hybridized carbons (Fsp3) is 0.353. The Kier molecular flexibility index (Phi) is 5.22. The van der Waals surface area contributed by atoms with Crippen molar-refractivity contribution in [3.05, 3.63) is 38.7 Å². The Morgan fingerprint density at radius 2 is 2.08 bits per heavy atom. The number of thiophene rings is 2. The van der Waals surface area contributed by atoms with Crippen LogP contribution in [-0.4, -0.2) is 33.6 Å². The number of amides is 1. The number of carbonyl (C=O) groups excluding carboxylic acids is 1. The lowest BCUT2D eigenvalue weighted by atomic mass is 10.2. The first-order valence-electron chi connectivity index (χ1n) is 7.58. The quantitative estimate of drug-likeness (QED) is 0.487. The molecule has 3 aromatic rings. The van der Waals surface area contributed by atoms with Crippen molar-refractivity contribution < 1.29 is 4.79 Å². The minimum absolute atomic E-state index is 0.111. The molecule has 24 heavy (non-hydrogen) atoms. The van der Waals surface area contributed by atoms with E-state index in [2.05, 4.69) is 35.3 Å². The lowest BCUT2D eigenvalue weighted by molar-refractivity contribution is -0.127. The predicted molar refractivity (Wildman–Crippen MR) is 103 cm³/mol. The van der Waals surface area contributed by atoms with Crippen LogP contribution in [0.25, 0.3) is 10.2 Å². The molecule has 0 aliphatic carbocycles. The summed E-state index contributed by atoms with van der Waals surface area (Å²) in [6, 6.07) is 2.05. The van der Waals surface area contributed by atoms with Crippen LogP contribution in [0.5, 0.6) is 0 Å². The summed E-state index contributed by atoms with van der Waals surface area (Å²) < 4.78 is 0. The highest BCUT2D eigenvalue weighted by Crippen LogP contribution is 2.35. The summed E-state index contributed by atoms with van der Waals surface area (Å²) in [4.78, 5) is 25.6. The van der Waals surface area contributed by atoms with E-state index in [-0.39, 0.29) is 5.91 Å². The maximum atomic E-state index is 12.4. The molecule has 0 radical (unpaired) electrons. The van der Waals surface area contributed by atoms with Gasteiger partial charge in [-0.05, 0) is 48.7 Å². The number of thioether (sulfide) groups is 1. The molecule has 0 atom stereocenters. The zero-order valence-corrected chi connectivity index (χ0v) is 16.6. The third kappa shape index (κ3) is 3.63. The van der Waals surface area contributed by atoms with Gasteiger partial charge in [-0.2, -0.15) is 11.3 Å². The molecule has 0 fully saturated rings. The SMILES string of the molecule is Cc1nc(SCC(=O)N(C)Cc2ccsc2)c2c(C)c(C)sc2n1. The monoisotopic (exact) mass is 377 g/mol. The number of carbonyl (C=O) groups is 1. The van der Waals surface area contributed by atoms with Crippen LogP contribution in [0.4, 0.5) is 0 Å². The maximum absolute atomic E-state index is 12.4. The molecular formula is C17H19N3OS3. The Morgan fingerprint density at radius 1 is 1.29 bits per heavy atom. The van der Waals surface area contributed by atoms with Gasteiger partial charge in [-0.3, -0.25) is 4.79 Å². The predicted octanol–water partition coefficient (Wildman–Crippen LogP) is 4.43. The van der Waals surface area contributed by atoms with Gasteiger partial charge in [-0.1, -0.05) is 11.8 Å². The van der Waals surface area contributed by atoms with E-state index in [4.69, 9.17) is 0 Å². The third-order valence-corrected chi connectivity index (χ3v) is 6.66. The fourth-order valence-corrected chi connectivity index (χ4v) is 5.27. The summed E-state index contributed by atoms with van der Waals surface area (Å²) in [7, 11) is 1.85. The zero-order valence-electron chi connectivity index (χ0n) is 14.1. The highest BCUT2D eigenvalue weighted by molar-refractivity contribution is 8.00. The van der Waals surface area contributed by atoms with E-state index in [1.54, 1.807) is 27.6 Å². The smallest absolute Gasteiger partial charge is 0.233 e. The molecule has 3 aromatic heterocycles. The molecule has 0 saturated heterocycles. The van der Waals surface area contributed by atoms with E-state index in [0.29, 0.717) is 12.3 Å². The number of aryl methyl sites for hydroxylation is 3. The first-order valence-corrected chi connectivity index (χ1v) is 10.3. The Labute approximate surface area is 153 Å². The second-order valence-corrected chi connectivity index (χ2v) is 8.66. The first-order chi connectivity index (χ1) is 11.5. The minimum atomic E-state index is 0.111. The van der Waals surface area contributed by atoms with Gasteiger partial charge in [-0.25, -0.2) is 9.97 Å². The Bertz CT molecular complexity index is 871. The molecule has 3 rings (SSSR count). The van der Waals surface area contributed by atoms with Crippen LogP contribution in [0.3, 0.4) is 0 Å². The van der Waals surface area contributed by atoms with E-state index in [9.17, 15) is 4.79 Å². The van der Waals surface area contributed by atoms with Crippen LogP contribution in [0.1, 0.15) is 21.8 Å². The van der Waals surface area contributed by atoms with E-state index >= 15 is 0 Å². The van der Waals surface area contributed by atoms with Crippen molar-refractivity contribution in [2.24, 2.45) is 0 Å². The highest BCUT2D eigenvalue weighted by atomic mass is 32.2. The van der Waals surface area contributed by atoms with Gasteiger partial charge in [0.05, 0.1) is 5.75 Å². The summed E-state index contributed by atoms with van der Waals surface area (Å²) in [6.45, 7) is 6.75. The molecule has 0 aliphatic heterocycles. The van der Waals surface area contributed by atoms with Crippen molar-refractivity contribution in [3.8, 4) is 0 Å². The molecule has 4 nitrogen and oxygen atoms in total. The molecule has 7 heteroatoms. The van der Waals surface area contributed by atoms with Crippen molar-refractivity contribution in [2.75, 3.05) is 12.8 Å². The average molecular weight is 378 g/mol. The van der Waals surface area contributed by atoms with Crippen molar-refractivity contribution in [3.63, 3.8) is 0 Å². The first kappa shape index (κ1) is 17.4. The Hall–Kier alpha value is -1.44. The zero-order chi connectivity index (χ0) is 17.3. The van der Waals surface area contributed by atoms with Crippen molar-refractivity contribution >= 4 is 50.6 Å². The third-order valence-electron chi connectivity index (χ3n) is 3.87. The van der Waals surface area contributed by atoms with Gasteiger partial charge < -0.3 is 4.90 Å². The molecule has 1 amide bonds. The van der Waals surface area contributed by atoms with Crippen LogP contribution in [0.15, 0.2) is 21.9 Å². The number of hydrogen-bond donors (Lipinski definition) is 0. The second kappa shape index (κ2) is 7.21. The summed E-state index contributed by atoms with van der Waals surface area (Å²) in [5.74, 6) is 1.26. The average Bonchev–Trinajstić information content (AvgIpc) is 3.13. The van der Waals surface area contributed by atoms with Crippen molar-refractivity contribution in [1.82, 2.24) is 14.9 Å². The Morgan fingerprint density at radius 3 is 2.79 bits per heavy atom. The molecule has 3 heterocycles. The molecule has 0 saturated carbocycles. The summed E-state index contributed by atoms with van der Waals surface area (Å²) in [5.41, 5.74) is 2.39. The maximum Gasteiger partial charge on any atom is 0.233 e. The number of rotatable bonds is 5. The topological polar surface area (TPSA) is 46.1 Å². The van der Waals surface area contributed by atoms with Gasteiger partial charge in [-0.15, -0.1) is 11.3 Å². The molecule has 0 aromatic carbocycles. The number of hydrogen-bond acceptors (Lipinski definition) is 6. The van der Waals surface area contributed by atoms with E-state index in [0.717, 1.165) is 21.1 Å². The summed E-state index contributed by atoms with van der Waals surface area (Å²) in [5, 5.41) is 6.12. The van der Waals surface area contributed by atoms with Crippen LogP contribution in [0.2, 0.25) is 0 Å². The second-order valence-electron chi connectivity index (χ2n) is 5.71. The fourth-order valence-electron chi connectivity index (χ4n) is 2.40. The minimum Gasteiger partial charge on any atom is -0.341 e. The van der Waals surface area contributed by atoms with Gasteiger partial charge in [0.2, 0.25) is 5.91 Å². The molecular weight excluding hydrogens is 358 g/mol. The highest BCUT2D eigenvalue weighted by Gasteiger charge is 2.16. The van der Waals surface area contributed by atoms with Crippen LogP contribution >= 0.6 is 34.4 Å². The lowest BCUT2D eigenvalue weighted by Gasteiger charge is -2.16. The summed E-state index contributed by atoms with van der Waals surface area (Å²) >= 11 is 4.85. The Balaban J connectivity index is 1.74. The van der Waals surface area contributed by atoms with Gasteiger partial charge in [0.15, 0.2) is 0 Å². The molecule has 0 unspecified atom stereocenters. The van der Waals surface area contributed by atoms with E-state index in [1.807, 2.05) is 19.4 Å². The number of nitrogens with zero attached hydrogens (tertiary/aromatic N) is 3. The molecule has 126 valence electrons.